The van der Waals surface area contributed by atoms with E-state index in [-0.39, 0.29) is 17.5 Å². The number of nitrogens with zero attached hydrogens (tertiary/aromatic N) is 1. The first-order valence-corrected chi connectivity index (χ1v) is 11.0. The van der Waals surface area contributed by atoms with Crippen LogP contribution in [0.4, 0.5) is 5.69 Å². The molecule has 0 heterocycles. The molecule has 6 nitrogen and oxygen atoms in total. The van der Waals surface area contributed by atoms with Gasteiger partial charge in [0.15, 0.2) is 6.61 Å². The second-order valence-electron chi connectivity index (χ2n) is 6.75. The van der Waals surface area contributed by atoms with Gasteiger partial charge < -0.3 is 10.1 Å². The lowest BCUT2D eigenvalue weighted by Gasteiger charge is -2.09. The van der Waals surface area contributed by atoms with Crippen LogP contribution in [-0.4, -0.2) is 24.1 Å². The number of amides is 2. The SMILES string of the molecule is C/C(=N\NC(=O)COc1ccc(Cl)cc1Cl)c1ccc(NC(=O)c2ccc(Cl)cc2Cl)cc1. The zero-order valence-electron chi connectivity index (χ0n) is 17.2. The Balaban J connectivity index is 1.55. The predicted molar refractivity (Wildman–Crippen MR) is 133 cm³/mol. The lowest BCUT2D eigenvalue weighted by molar-refractivity contribution is -0.123. The smallest absolute Gasteiger partial charge is 0.277 e. The number of hydrogen-bond donors (Lipinski definition) is 2. The Morgan fingerprint density at radius 3 is 2.15 bits per heavy atom. The molecule has 3 aromatic carbocycles. The van der Waals surface area contributed by atoms with E-state index in [1.54, 1.807) is 55.5 Å². The number of anilines is 1. The monoisotopic (exact) mass is 523 g/mol. The fourth-order valence-electron chi connectivity index (χ4n) is 2.65. The van der Waals surface area contributed by atoms with Gasteiger partial charge in [0.1, 0.15) is 5.75 Å². The van der Waals surface area contributed by atoms with Crippen molar-refractivity contribution in [3.8, 4) is 5.75 Å². The molecule has 0 unspecified atom stereocenters. The Hall–Kier alpha value is -2.77. The maximum atomic E-state index is 12.4. The summed E-state index contributed by atoms with van der Waals surface area (Å²) in [5.74, 6) is -0.471. The van der Waals surface area contributed by atoms with Crippen molar-refractivity contribution in [3.63, 3.8) is 0 Å². The van der Waals surface area contributed by atoms with E-state index in [0.29, 0.717) is 37.8 Å². The largest absolute Gasteiger partial charge is 0.482 e. The Kier molecular flexibility index (Phi) is 8.58. The third-order valence-electron chi connectivity index (χ3n) is 4.34. The number of carbonyl (C=O) groups excluding carboxylic acids is 2. The molecule has 0 atom stereocenters. The number of ether oxygens (including phenoxy) is 1. The molecule has 0 bridgehead atoms. The molecule has 0 radical (unpaired) electrons. The summed E-state index contributed by atoms with van der Waals surface area (Å²) in [7, 11) is 0. The molecule has 33 heavy (non-hydrogen) atoms. The number of hydrazone groups is 1. The van der Waals surface area contributed by atoms with Crippen LogP contribution in [0, 0.1) is 0 Å². The van der Waals surface area contributed by atoms with E-state index in [1.807, 2.05) is 0 Å². The molecule has 2 N–H and O–H groups in total. The average molecular weight is 525 g/mol. The van der Waals surface area contributed by atoms with Crippen molar-refractivity contribution in [2.45, 2.75) is 6.92 Å². The Bertz CT molecular complexity index is 1210. The van der Waals surface area contributed by atoms with Crippen molar-refractivity contribution in [1.82, 2.24) is 5.43 Å². The summed E-state index contributed by atoms with van der Waals surface area (Å²) in [5, 5.41) is 8.31. The first-order chi connectivity index (χ1) is 15.7. The number of halogens is 4. The summed E-state index contributed by atoms with van der Waals surface area (Å²) in [6, 6.07) is 16.3. The molecule has 0 aliphatic heterocycles. The van der Waals surface area contributed by atoms with Gasteiger partial charge in [-0.15, -0.1) is 0 Å². The Morgan fingerprint density at radius 1 is 0.879 bits per heavy atom. The third kappa shape index (κ3) is 7.11. The van der Waals surface area contributed by atoms with E-state index >= 15 is 0 Å². The summed E-state index contributed by atoms with van der Waals surface area (Å²) in [6.07, 6.45) is 0. The van der Waals surface area contributed by atoms with E-state index < -0.39 is 5.91 Å². The molecule has 0 spiro atoms. The van der Waals surface area contributed by atoms with Crippen molar-refractivity contribution < 1.29 is 14.3 Å². The predicted octanol–water partition coefficient (Wildman–Crippen LogP) is 6.47. The normalized spacial score (nSPS) is 11.1. The van der Waals surface area contributed by atoms with Gasteiger partial charge in [-0.1, -0.05) is 58.5 Å². The van der Waals surface area contributed by atoms with Crippen LogP contribution >= 0.6 is 46.4 Å². The number of hydrogen-bond acceptors (Lipinski definition) is 4. The maximum Gasteiger partial charge on any atom is 0.277 e. The second-order valence-corrected chi connectivity index (χ2v) is 8.44. The molecule has 0 aliphatic rings. The first kappa shape index (κ1) is 24.9. The first-order valence-electron chi connectivity index (χ1n) is 9.51. The highest BCUT2D eigenvalue weighted by Gasteiger charge is 2.11. The van der Waals surface area contributed by atoms with Crippen molar-refractivity contribution in [3.05, 3.63) is 91.9 Å². The fraction of sp³-hybridized carbons (Fsp3) is 0.0870. The van der Waals surface area contributed by atoms with Gasteiger partial charge in [-0.3, -0.25) is 9.59 Å². The van der Waals surface area contributed by atoms with Gasteiger partial charge in [-0.2, -0.15) is 5.10 Å². The second kappa shape index (κ2) is 11.4. The third-order valence-corrected chi connectivity index (χ3v) is 5.42. The number of rotatable bonds is 7. The van der Waals surface area contributed by atoms with Gasteiger partial charge in [0.05, 0.1) is 21.3 Å². The van der Waals surface area contributed by atoms with Crippen molar-refractivity contribution in [2.75, 3.05) is 11.9 Å². The lowest BCUT2D eigenvalue weighted by atomic mass is 10.1. The van der Waals surface area contributed by atoms with Gasteiger partial charge in [0.25, 0.3) is 11.8 Å². The van der Waals surface area contributed by atoms with Crippen molar-refractivity contribution in [2.24, 2.45) is 5.10 Å². The van der Waals surface area contributed by atoms with E-state index in [4.69, 9.17) is 51.1 Å². The molecule has 170 valence electrons. The standard InChI is InChI=1S/C23H17Cl4N3O3/c1-13(29-30-22(31)12-33-21-9-5-16(25)11-20(21)27)14-2-6-17(7-3-14)28-23(32)18-8-4-15(24)10-19(18)26/h2-11H,12H2,1H3,(H,28,32)(H,30,31)/b29-13+. The van der Waals surface area contributed by atoms with Gasteiger partial charge in [-0.25, -0.2) is 5.43 Å². The molecule has 0 saturated heterocycles. The van der Waals surface area contributed by atoms with E-state index in [0.717, 1.165) is 5.56 Å². The van der Waals surface area contributed by atoms with E-state index in [1.165, 1.54) is 12.1 Å². The summed E-state index contributed by atoms with van der Waals surface area (Å²) >= 11 is 23.8. The van der Waals surface area contributed by atoms with Crippen LogP contribution in [0.2, 0.25) is 20.1 Å². The molecule has 0 aromatic heterocycles. The number of benzene rings is 3. The van der Waals surface area contributed by atoms with Gasteiger partial charge in [0, 0.05) is 15.7 Å². The van der Waals surface area contributed by atoms with Crippen LogP contribution in [0.5, 0.6) is 5.75 Å². The van der Waals surface area contributed by atoms with Gasteiger partial charge in [-0.05, 0) is 61.0 Å². The molecule has 0 saturated carbocycles. The topological polar surface area (TPSA) is 79.8 Å². The summed E-state index contributed by atoms with van der Waals surface area (Å²) in [6.45, 7) is 1.47. The van der Waals surface area contributed by atoms with Crippen LogP contribution in [0.25, 0.3) is 0 Å². The van der Waals surface area contributed by atoms with Gasteiger partial charge in [0.2, 0.25) is 0 Å². The molecule has 3 rings (SSSR count). The van der Waals surface area contributed by atoms with E-state index in [2.05, 4.69) is 15.8 Å². The molecular weight excluding hydrogens is 508 g/mol. The Morgan fingerprint density at radius 2 is 1.52 bits per heavy atom. The molecule has 0 aliphatic carbocycles. The van der Waals surface area contributed by atoms with Crippen LogP contribution in [0.15, 0.2) is 65.8 Å². The zero-order chi connectivity index (χ0) is 24.0. The molecule has 10 heteroatoms. The van der Waals surface area contributed by atoms with Gasteiger partial charge >= 0.3 is 0 Å². The summed E-state index contributed by atoms with van der Waals surface area (Å²) in [5.41, 5.74) is 4.61. The molecule has 0 fully saturated rings. The quantitative estimate of drug-likeness (QED) is 0.274. The van der Waals surface area contributed by atoms with E-state index in [9.17, 15) is 9.59 Å². The van der Waals surface area contributed by atoms with Crippen molar-refractivity contribution in [1.29, 1.82) is 0 Å². The van der Waals surface area contributed by atoms with Crippen LogP contribution in [-0.2, 0) is 4.79 Å². The zero-order valence-corrected chi connectivity index (χ0v) is 20.2. The minimum absolute atomic E-state index is 0.262. The molecular formula is C23H17Cl4N3O3. The maximum absolute atomic E-state index is 12.4. The molecule has 3 aromatic rings. The summed E-state index contributed by atoms with van der Waals surface area (Å²) in [4.78, 5) is 24.4. The summed E-state index contributed by atoms with van der Waals surface area (Å²) < 4.78 is 5.37. The van der Waals surface area contributed by atoms with Crippen LogP contribution < -0.4 is 15.5 Å². The minimum Gasteiger partial charge on any atom is -0.482 e. The lowest BCUT2D eigenvalue weighted by Crippen LogP contribution is -2.25. The fourth-order valence-corrected chi connectivity index (χ4v) is 3.60. The molecule has 2 amide bonds. The highest BCUT2D eigenvalue weighted by atomic mass is 35.5. The van der Waals surface area contributed by atoms with Crippen molar-refractivity contribution >= 4 is 69.6 Å². The average Bonchev–Trinajstić information content (AvgIpc) is 2.77. The number of carbonyl (C=O) groups is 2. The van der Waals surface area contributed by atoms with Crippen LogP contribution in [0.3, 0.4) is 0 Å². The number of nitrogens with one attached hydrogen (secondary N) is 2. The highest BCUT2D eigenvalue weighted by Crippen LogP contribution is 2.27. The van der Waals surface area contributed by atoms with Crippen LogP contribution in [0.1, 0.15) is 22.8 Å². The highest BCUT2D eigenvalue weighted by molar-refractivity contribution is 6.37. The Labute approximate surface area is 210 Å². The minimum atomic E-state index is -0.455.